The summed E-state index contributed by atoms with van der Waals surface area (Å²) < 4.78 is 0. The lowest BCUT2D eigenvalue weighted by Gasteiger charge is -2.30. The summed E-state index contributed by atoms with van der Waals surface area (Å²) in [7, 11) is 0. The lowest BCUT2D eigenvalue weighted by atomic mass is 9.69. The van der Waals surface area contributed by atoms with Crippen molar-refractivity contribution in [2.45, 2.75) is 24.7 Å². The van der Waals surface area contributed by atoms with Crippen LogP contribution in [-0.2, 0) is 10.2 Å². The van der Waals surface area contributed by atoms with Crippen LogP contribution in [0.2, 0.25) is 0 Å². The van der Waals surface area contributed by atoms with E-state index in [2.05, 4.69) is 6.07 Å². The standard InChI is InChI=1S/C14H13NO/c15-9-14(11-4-2-1-3-5-11)8-10-6-12(14)7-13(10)16/h1-5,10,12H,6-8H2/t10?,12?,14-/m1/s1. The second kappa shape index (κ2) is 3.18. The van der Waals surface area contributed by atoms with Gasteiger partial charge in [-0.1, -0.05) is 30.3 Å². The minimum Gasteiger partial charge on any atom is -0.299 e. The second-order valence-corrected chi connectivity index (χ2v) is 4.95. The maximum absolute atomic E-state index is 11.6. The summed E-state index contributed by atoms with van der Waals surface area (Å²) >= 11 is 0. The number of benzene rings is 1. The Hall–Kier alpha value is -1.62. The van der Waals surface area contributed by atoms with E-state index < -0.39 is 0 Å². The van der Waals surface area contributed by atoms with E-state index in [1.54, 1.807) is 0 Å². The first kappa shape index (κ1) is 9.59. The molecule has 3 rings (SSSR count). The molecule has 1 aromatic rings. The van der Waals surface area contributed by atoms with Crippen molar-refractivity contribution in [3.63, 3.8) is 0 Å². The number of carbonyl (C=O) groups is 1. The van der Waals surface area contributed by atoms with Crippen molar-refractivity contribution in [3.8, 4) is 6.07 Å². The molecule has 16 heavy (non-hydrogen) atoms. The van der Waals surface area contributed by atoms with Gasteiger partial charge in [0.05, 0.1) is 11.5 Å². The Bertz CT molecular complexity index is 473. The molecule has 0 aliphatic heterocycles. The molecule has 2 bridgehead atoms. The van der Waals surface area contributed by atoms with E-state index in [4.69, 9.17) is 0 Å². The summed E-state index contributed by atoms with van der Waals surface area (Å²) in [5, 5.41) is 9.52. The Morgan fingerprint density at radius 3 is 2.56 bits per heavy atom. The summed E-state index contributed by atoms with van der Waals surface area (Å²) in [5.41, 5.74) is 0.706. The van der Waals surface area contributed by atoms with Gasteiger partial charge in [-0.05, 0) is 24.3 Å². The highest BCUT2D eigenvalue weighted by Gasteiger charge is 2.56. The van der Waals surface area contributed by atoms with Crippen LogP contribution in [0.15, 0.2) is 30.3 Å². The molecule has 0 N–H and O–H groups in total. The summed E-state index contributed by atoms with van der Waals surface area (Å²) in [6.45, 7) is 0. The number of hydrogen-bond acceptors (Lipinski definition) is 2. The molecule has 0 saturated heterocycles. The number of fused-ring (bicyclic) bond motifs is 2. The molecule has 0 aromatic heterocycles. The van der Waals surface area contributed by atoms with Gasteiger partial charge in [-0.3, -0.25) is 4.79 Å². The maximum atomic E-state index is 11.6. The molecular weight excluding hydrogens is 198 g/mol. The molecule has 2 aliphatic rings. The third-order valence-corrected chi connectivity index (χ3v) is 4.23. The molecular formula is C14H13NO. The van der Waals surface area contributed by atoms with Crippen LogP contribution in [0.25, 0.3) is 0 Å². The zero-order valence-corrected chi connectivity index (χ0v) is 9.02. The Morgan fingerprint density at radius 2 is 2.06 bits per heavy atom. The van der Waals surface area contributed by atoms with Gasteiger partial charge in [0, 0.05) is 12.3 Å². The number of hydrogen-bond donors (Lipinski definition) is 0. The number of carbonyl (C=O) groups excluding carboxylic acids is 1. The zero-order chi connectivity index (χ0) is 11.2. The van der Waals surface area contributed by atoms with E-state index in [1.807, 2.05) is 30.3 Å². The predicted octanol–water partition coefficient (Wildman–Crippen LogP) is 2.45. The fraction of sp³-hybridized carbons (Fsp3) is 0.429. The molecule has 0 spiro atoms. The highest BCUT2D eigenvalue weighted by Crippen LogP contribution is 2.55. The van der Waals surface area contributed by atoms with Crippen molar-refractivity contribution >= 4 is 5.78 Å². The largest absolute Gasteiger partial charge is 0.299 e. The van der Waals surface area contributed by atoms with Gasteiger partial charge in [0.2, 0.25) is 0 Å². The molecule has 0 heterocycles. The Kier molecular flexibility index (Phi) is 1.91. The number of nitrogens with zero attached hydrogens (tertiary/aromatic N) is 1. The smallest absolute Gasteiger partial charge is 0.136 e. The van der Waals surface area contributed by atoms with Crippen LogP contribution in [0.5, 0.6) is 0 Å². The Balaban J connectivity index is 2.05. The summed E-state index contributed by atoms with van der Waals surface area (Å²) in [4.78, 5) is 11.6. The topological polar surface area (TPSA) is 40.9 Å². The molecule has 2 aliphatic carbocycles. The summed E-state index contributed by atoms with van der Waals surface area (Å²) in [6.07, 6.45) is 2.26. The normalized spacial score (nSPS) is 36.3. The average molecular weight is 211 g/mol. The van der Waals surface area contributed by atoms with Gasteiger partial charge in [0.1, 0.15) is 5.78 Å². The monoisotopic (exact) mass is 211 g/mol. The van der Waals surface area contributed by atoms with E-state index in [1.165, 1.54) is 0 Å². The third kappa shape index (κ3) is 1.09. The maximum Gasteiger partial charge on any atom is 0.136 e. The molecule has 0 radical (unpaired) electrons. The van der Waals surface area contributed by atoms with Gasteiger partial charge in [0.25, 0.3) is 0 Å². The lowest BCUT2D eigenvalue weighted by Crippen LogP contribution is -2.33. The number of Topliss-reactive ketones (excluding diaryl/α,β-unsaturated/α-hetero) is 1. The van der Waals surface area contributed by atoms with E-state index in [9.17, 15) is 10.1 Å². The predicted molar refractivity (Wildman–Crippen MR) is 59.6 cm³/mol. The first-order valence-electron chi connectivity index (χ1n) is 5.76. The fourth-order valence-electron chi connectivity index (χ4n) is 3.39. The van der Waals surface area contributed by atoms with E-state index in [-0.39, 0.29) is 17.3 Å². The summed E-state index contributed by atoms with van der Waals surface area (Å²) in [5.74, 6) is 0.758. The number of rotatable bonds is 1. The van der Waals surface area contributed by atoms with Crippen molar-refractivity contribution in [1.29, 1.82) is 5.26 Å². The molecule has 2 fully saturated rings. The molecule has 1 aromatic carbocycles. The van der Waals surface area contributed by atoms with Gasteiger partial charge in [0.15, 0.2) is 0 Å². The zero-order valence-electron chi connectivity index (χ0n) is 9.02. The summed E-state index contributed by atoms with van der Waals surface area (Å²) in [6, 6.07) is 12.5. The van der Waals surface area contributed by atoms with Crippen LogP contribution in [0.1, 0.15) is 24.8 Å². The quantitative estimate of drug-likeness (QED) is 0.715. The average Bonchev–Trinajstić information content (AvgIpc) is 2.87. The molecule has 0 amide bonds. The fourth-order valence-corrected chi connectivity index (χ4v) is 3.39. The van der Waals surface area contributed by atoms with Gasteiger partial charge >= 0.3 is 0 Å². The Labute approximate surface area is 94.9 Å². The van der Waals surface area contributed by atoms with Crippen LogP contribution >= 0.6 is 0 Å². The molecule has 2 heteroatoms. The minimum atomic E-state index is -0.389. The molecule has 80 valence electrons. The Morgan fingerprint density at radius 1 is 1.31 bits per heavy atom. The van der Waals surface area contributed by atoms with Gasteiger partial charge in [-0.25, -0.2) is 0 Å². The van der Waals surface area contributed by atoms with Crippen LogP contribution in [0.3, 0.4) is 0 Å². The molecule has 2 saturated carbocycles. The first-order chi connectivity index (χ1) is 7.76. The van der Waals surface area contributed by atoms with Gasteiger partial charge < -0.3 is 0 Å². The van der Waals surface area contributed by atoms with Crippen molar-refractivity contribution in [1.82, 2.24) is 0 Å². The molecule has 2 nitrogen and oxygen atoms in total. The minimum absolute atomic E-state index is 0.143. The van der Waals surface area contributed by atoms with Crippen molar-refractivity contribution in [2.24, 2.45) is 11.8 Å². The molecule has 3 atom stereocenters. The van der Waals surface area contributed by atoms with Gasteiger partial charge in [-0.15, -0.1) is 0 Å². The van der Waals surface area contributed by atoms with Crippen LogP contribution in [0, 0.1) is 23.2 Å². The van der Waals surface area contributed by atoms with Gasteiger partial charge in [-0.2, -0.15) is 5.26 Å². The number of ketones is 1. The van der Waals surface area contributed by atoms with E-state index >= 15 is 0 Å². The van der Waals surface area contributed by atoms with Crippen LogP contribution in [-0.4, -0.2) is 5.78 Å². The second-order valence-electron chi connectivity index (χ2n) is 4.95. The van der Waals surface area contributed by atoms with E-state index in [0.717, 1.165) is 18.4 Å². The molecule has 2 unspecified atom stereocenters. The van der Waals surface area contributed by atoms with E-state index in [0.29, 0.717) is 12.2 Å². The van der Waals surface area contributed by atoms with Crippen molar-refractivity contribution < 1.29 is 4.79 Å². The first-order valence-corrected chi connectivity index (χ1v) is 5.76. The van der Waals surface area contributed by atoms with Crippen molar-refractivity contribution in [2.75, 3.05) is 0 Å². The third-order valence-electron chi connectivity index (χ3n) is 4.23. The number of nitriles is 1. The van der Waals surface area contributed by atoms with Crippen molar-refractivity contribution in [3.05, 3.63) is 35.9 Å². The van der Waals surface area contributed by atoms with Crippen LogP contribution in [0.4, 0.5) is 0 Å². The SMILES string of the molecule is N#C[C@@]1(c2ccccc2)CC2CC1CC2=O. The highest BCUT2D eigenvalue weighted by atomic mass is 16.1. The lowest BCUT2D eigenvalue weighted by molar-refractivity contribution is -0.122. The highest BCUT2D eigenvalue weighted by molar-refractivity contribution is 5.85. The van der Waals surface area contributed by atoms with Crippen LogP contribution < -0.4 is 0 Å².